The lowest BCUT2D eigenvalue weighted by molar-refractivity contribution is -0.143. The van der Waals surface area contributed by atoms with Gasteiger partial charge in [-0.25, -0.2) is 24.5 Å². The molecule has 16 heteroatoms. The number of ether oxygens (including phenoxy) is 2. The summed E-state index contributed by atoms with van der Waals surface area (Å²) in [7, 11) is 1.40. The van der Waals surface area contributed by atoms with Gasteiger partial charge in [-0.1, -0.05) is 6.92 Å². The number of carbonyl (C=O) groups excluding carboxylic acids is 1. The molecule has 1 amide bonds. The van der Waals surface area contributed by atoms with Crippen molar-refractivity contribution in [1.29, 1.82) is 0 Å². The summed E-state index contributed by atoms with van der Waals surface area (Å²) in [5.74, 6) is -1.46. The Bertz CT molecular complexity index is 1520. The molecule has 0 unspecified atom stereocenters. The molecule has 0 radical (unpaired) electrons. The molecular formula is C28H27F6N5O5. The van der Waals surface area contributed by atoms with Crippen LogP contribution in [0.4, 0.5) is 42.8 Å². The van der Waals surface area contributed by atoms with Crippen molar-refractivity contribution in [1.82, 2.24) is 15.0 Å². The number of benzene rings is 1. The lowest BCUT2D eigenvalue weighted by atomic mass is 9.93. The van der Waals surface area contributed by atoms with Crippen LogP contribution in [0.2, 0.25) is 0 Å². The van der Waals surface area contributed by atoms with Crippen LogP contribution < -0.4 is 15.0 Å². The zero-order valence-electron chi connectivity index (χ0n) is 23.6. The molecule has 0 aliphatic carbocycles. The van der Waals surface area contributed by atoms with Crippen LogP contribution in [0.15, 0.2) is 36.5 Å². The molecule has 1 aliphatic rings. The number of halogens is 6. The number of carboxylic acid groups (broad SMARTS) is 1. The summed E-state index contributed by atoms with van der Waals surface area (Å²) in [6.07, 6.45) is -9.74. The Hall–Kier alpha value is -4.63. The summed E-state index contributed by atoms with van der Waals surface area (Å²) in [6.45, 7) is 3.66. The number of aromatic carboxylic acids is 1. The summed E-state index contributed by atoms with van der Waals surface area (Å²) in [4.78, 5) is 38.9. The van der Waals surface area contributed by atoms with Crippen LogP contribution in [0.25, 0.3) is 0 Å². The molecule has 0 saturated carbocycles. The molecule has 2 N–H and O–H groups in total. The van der Waals surface area contributed by atoms with Gasteiger partial charge in [-0.05, 0) is 49.6 Å². The maximum Gasteiger partial charge on any atom is 0.416 e. The zero-order chi connectivity index (χ0) is 32.4. The number of rotatable bonds is 8. The smallest absolute Gasteiger partial charge is 0.416 e. The second-order valence-electron chi connectivity index (χ2n) is 9.77. The molecule has 4 rings (SSSR count). The lowest BCUT2D eigenvalue weighted by Gasteiger charge is -2.39. The number of amides is 1. The highest BCUT2D eigenvalue weighted by atomic mass is 19.4. The van der Waals surface area contributed by atoms with Crippen molar-refractivity contribution in [2.75, 3.05) is 23.9 Å². The van der Waals surface area contributed by atoms with E-state index in [1.165, 1.54) is 12.0 Å². The fourth-order valence-electron chi connectivity index (χ4n) is 4.90. The summed E-state index contributed by atoms with van der Waals surface area (Å²) in [6, 6.07) is 3.16. The number of nitrogens with zero attached hydrogens (tertiary/aromatic N) is 4. The van der Waals surface area contributed by atoms with Gasteiger partial charge in [-0.2, -0.15) is 26.3 Å². The summed E-state index contributed by atoms with van der Waals surface area (Å²) >= 11 is 0. The Morgan fingerprint density at radius 1 is 1.05 bits per heavy atom. The van der Waals surface area contributed by atoms with Crippen LogP contribution in [0, 0.1) is 0 Å². The third-order valence-electron chi connectivity index (χ3n) is 6.90. The monoisotopic (exact) mass is 627 g/mol. The normalized spacial score (nSPS) is 16.7. The van der Waals surface area contributed by atoms with Crippen LogP contribution in [-0.4, -0.2) is 51.9 Å². The molecule has 1 aromatic carbocycles. The van der Waals surface area contributed by atoms with Crippen molar-refractivity contribution in [2.45, 2.75) is 57.5 Å². The average Bonchev–Trinajstić information content (AvgIpc) is 2.95. The average molecular weight is 628 g/mol. The van der Waals surface area contributed by atoms with Crippen molar-refractivity contribution >= 4 is 23.7 Å². The van der Waals surface area contributed by atoms with Crippen LogP contribution in [0.5, 0.6) is 5.88 Å². The molecule has 0 bridgehead atoms. The van der Waals surface area contributed by atoms with Crippen molar-refractivity contribution in [3.63, 3.8) is 0 Å². The second kappa shape index (κ2) is 12.5. The largest absolute Gasteiger partial charge is 0.481 e. The maximum absolute atomic E-state index is 13.4. The molecule has 44 heavy (non-hydrogen) atoms. The van der Waals surface area contributed by atoms with Gasteiger partial charge >= 0.3 is 24.4 Å². The van der Waals surface area contributed by atoms with Gasteiger partial charge in [0.25, 0.3) is 0 Å². The predicted octanol–water partition coefficient (Wildman–Crippen LogP) is 6.51. The molecule has 10 nitrogen and oxygen atoms in total. The van der Waals surface area contributed by atoms with Gasteiger partial charge < -0.3 is 19.9 Å². The number of carboxylic acids is 1. The highest BCUT2D eigenvalue weighted by Crippen LogP contribution is 2.40. The first-order valence-corrected chi connectivity index (χ1v) is 13.3. The highest BCUT2D eigenvalue weighted by molar-refractivity contribution is 5.90. The van der Waals surface area contributed by atoms with E-state index in [9.17, 15) is 41.0 Å². The van der Waals surface area contributed by atoms with E-state index in [-0.39, 0.29) is 42.7 Å². The van der Waals surface area contributed by atoms with Gasteiger partial charge in [-0.3, -0.25) is 4.90 Å². The Morgan fingerprint density at radius 2 is 1.70 bits per heavy atom. The van der Waals surface area contributed by atoms with Crippen LogP contribution in [-0.2, 0) is 23.5 Å². The van der Waals surface area contributed by atoms with Gasteiger partial charge in [-0.15, -0.1) is 0 Å². The number of anilines is 2. The lowest BCUT2D eigenvalue weighted by Crippen LogP contribution is -2.46. The number of methoxy groups -OCH3 is 1. The Kier molecular flexibility index (Phi) is 9.20. The third-order valence-corrected chi connectivity index (χ3v) is 6.90. The summed E-state index contributed by atoms with van der Waals surface area (Å²) < 4.78 is 91.0. The van der Waals surface area contributed by atoms with E-state index >= 15 is 0 Å². The quantitative estimate of drug-likeness (QED) is 0.269. The molecule has 0 fully saturated rings. The number of carbonyl (C=O) groups is 2. The fourth-order valence-corrected chi connectivity index (χ4v) is 4.90. The third kappa shape index (κ3) is 6.94. The van der Waals surface area contributed by atoms with E-state index in [1.54, 1.807) is 19.1 Å². The predicted molar refractivity (Wildman–Crippen MR) is 144 cm³/mol. The Balaban J connectivity index is 1.75. The standard InChI is InChI=1S/C28H27F6N5O5/c1-4-17-12-20(23-21(6-7-22(38-23)43-3)39(17)26(42)44-5-2)37-25-35-13-18(24(40)41)19(36-25)10-14-8-15(27(29,30)31)11-16(9-14)28(32,33)34/h6-9,11,13,17,20H,4-5,10,12H2,1-3H3,(H,40,41)(H,35,36,37)/t17-,20+/m1/s1. The number of alkyl halides is 6. The molecular weight excluding hydrogens is 600 g/mol. The van der Waals surface area contributed by atoms with Crippen molar-refractivity contribution in [2.24, 2.45) is 0 Å². The fraction of sp³-hybridized carbons (Fsp3) is 0.393. The first kappa shape index (κ1) is 32.3. The first-order valence-electron chi connectivity index (χ1n) is 13.3. The second-order valence-corrected chi connectivity index (χ2v) is 9.77. The summed E-state index contributed by atoms with van der Waals surface area (Å²) in [5, 5.41) is 12.7. The van der Waals surface area contributed by atoms with E-state index in [0.717, 1.165) is 6.20 Å². The molecule has 0 spiro atoms. The molecule has 236 valence electrons. The molecule has 2 aromatic heterocycles. The van der Waals surface area contributed by atoms with Crippen LogP contribution in [0.3, 0.4) is 0 Å². The number of fused-ring (bicyclic) bond motifs is 1. The van der Waals surface area contributed by atoms with E-state index in [0.29, 0.717) is 29.9 Å². The maximum atomic E-state index is 13.4. The highest BCUT2D eigenvalue weighted by Gasteiger charge is 2.39. The molecule has 2 atom stereocenters. The number of aromatic nitrogens is 3. The molecule has 3 heterocycles. The number of nitrogens with one attached hydrogen (secondary N) is 1. The number of hydrogen-bond acceptors (Lipinski definition) is 8. The minimum absolute atomic E-state index is 0.0138. The summed E-state index contributed by atoms with van der Waals surface area (Å²) in [5.41, 5.74) is -3.61. The van der Waals surface area contributed by atoms with E-state index in [2.05, 4.69) is 20.3 Å². The van der Waals surface area contributed by atoms with Crippen molar-refractivity contribution < 1.29 is 50.5 Å². The van der Waals surface area contributed by atoms with Gasteiger partial charge in [0.1, 0.15) is 0 Å². The number of hydrogen-bond donors (Lipinski definition) is 2. The SMILES string of the molecule is CCOC(=O)N1c2ccc(OC)nc2[C@@H](Nc2ncc(C(=O)O)c(Cc3cc(C(F)(F)F)cc(C(F)(F)F)c3)n2)C[C@H]1CC. The molecule has 3 aromatic rings. The van der Waals surface area contributed by atoms with E-state index < -0.39 is 59.1 Å². The van der Waals surface area contributed by atoms with Gasteiger partial charge in [0, 0.05) is 24.7 Å². The zero-order valence-corrected chi connectivity index (χ0v) is 23.6. The van der Waals surface area contributed by atoms with E-state index in [1.807, 2.05) is 6.92 Å². The van der Waals surface area contributed by atoms with Crippen molar-refractivity contribution in [3.8, 4) is 5.88 Å². The Labute approximate surface area is 247 Å². The molecule has 1 aliphatic heterocycles. The van der Waals surface area contributed by atoms with Gasteiger partial charge in [0.15, 0.2) is 0 Å². The van der Waals surface area contributed by atoms with Gasteiger partial charge in [0.2, 0.25) is 11.8 Å². The van der Waals surface area contributed by atoms with Crippen LogP contribution >= 0.6 is 0 Å². The minimum Gasteiger partial charge on any atom is -0.481 e. The minimum atomic E-state index is -5.08. The van der Waals surface area contributed by atoms with Gasteiger partial charge in [0.05, 0.1) is 53.5 Å². The van der Waals surface area contributed by atoms with Crippen molar-refractivity contribution in [3.05, 3.63) is 70.2 Å². The first-order chi connectivity index (χ1) is 20.7. The number of pyridine rings is 1. The molecule has 0 saturated heterocycles. The van der Waals surface area contributed by atoms with Crippen LogP contribution in [0.1, 0.15) is 71.2 Å². The van der Waals surface area contributed by atoms with E-state index in [4.69, 9.17) is 9.47 Å². The topological polar surface area (TPSA) is 127 Å². The Morgan fingerprint density at radius 3 is 2.25 bits per heavy atom.